The van der Waals surface area contributed by atoms with E-state index in [9.17, 15) is 4.79 Å². The third kappa shape index (κ3) is 4.53. The lowest BCUT2D eigenvalue weighted by molar-refractivity contribution is 0.0773. The van der Waals surface area contributed by atoms with Gasteiger partial charge in [-0.15, -0.1) is 11.8 Å². The molecular weight excluding hydrogens is 294 g/mol. The Balaban J connectivity index is 1.84. The highest BCUT2D eigenvalue weighted by molar-refractivity contribution is 7.98. The summed E-state index contributed by atoms with van der Waals surface area (Å²) < 4.78 is 5.66. The van der Waals surface area contributed by atoms with Gasteiger partial charge in [-0.2, -0.15) is 0 Å². The molecule has 0 atom stereocenters. The van der Waals surface area contributed by atoms with Crippen molar-refractivity contribution in [3.8, 4) is 5.75 Å². The van der Waals surface area contributed by atoms with Gasteiger partial charge in [-0.25, -0.2) is 0 Å². The van der Waals surface area contributed by atoms with E-state index >= 15 is 0 Å². The third-order valence-electron chi connectivity index (χ3n) is 3.40. The molecular formula is C18H21NO2S. The highest BCUT2D eigenvalue weighted by Crippen LogP contribution is 2.16. The summed E-state index contributed by atoms with van der Waals surface area (Å²) in [5, 5.41) is 0. The van der Waals surface area contributed by atoms with Gasteiger partial charge < -0.3 is 9.64 Å². The maximum absolute atomic E-state index is 12.3. The summed E-state index contributed by atoms with van der Waals surface area (Å²) in [7, 11) is 1.79. The molecule has 0 unspecified atom stereocenters. The molecule has 0 fully saturated rings. The van der Waals surface area contributed by atoms with Crippen LogP contribution in [0.3, 0.4) is 0 Å². The first-order valence-corrected chi connectivity index (χ1v) is 8.41. The Morgan fingerprint density at radius 3 is 2.32 bits per heavy atom. The van der Waals surface area contributed by atoms with Crippen LogP contribution in [0.2, 0.25) is 0 Å². The summed E-state index contributed by atoms with van der Waals surface area (Å²) in [6, 6.07) is 15.6. The van der Waals surface area contributed by atoms with Crippen molar-refractivity contribution in [3.05, 3.63) is 59.7 Å². The van der Waals surface area contributed by atoms with Crippen LogP contribution in [0.15, 0.2) is 53.4 Å². The molecule has 0 aliphatic rings. The summed E-state index contributed by atoms with van der Waals surface area (Å²) in [5.74, 6) is 0.843. The van der Waals surface area contributed by atoms with E-state index in [-0.39, 0.29) is 5.91 Å². The lowest BCUT2D eigenvalue weighted by atomic mass is 10.2. The van der Waals surface area contributed by atoms with E-state index in [4.69, 9.17) is 4.74 Å². The van der Waals surface area contributed by atoms with Gasteiger partial charge in [0.1, 0.15) is 12.4 Å². The average molecular weight is 315 g/mol. The second-order valence-electron chi connectivity index (χ2n) is 5.12. The van der Waals surface area contributed by atoms with Crippen LogP contribution in [0.1, 0.15) is 15.9 Å². The molecule has 0 aliphatic heterocycles. The van der Waals surface area contributed by atoms with Crippen LogP contribution in [0.25, 0.3) is 0 Å². The third-order valence-corrected chi connectivity index (χ3v) is 4.14. The maximum atomic E-state index is 12.3. The van der Waals surface area contributed by atoms with E-state index in [0.29, 0.717) is 18.7 Å². The Hall–Kier alpha value is -1.94. The fourth-order valence-corrected chi connectivity index (χ4v) is 2.40. The molecule has 22 heavy (non-hydrogen) atoms. The minimum absolute atomic E-state index is 0.0140. The zero-order valence-corrected chi connectivity index (χ0v) is 14.0. The van der Waals surface area contributed by atoms with Gasteiger partial charge in [-0.05, 0) is 49.6 Å². The number of amides is 1. The van der Waals surface area contributed by atoms with Gasteiger partial charge in [0.25, 0.3) is 5.91 Å². The van der Waals surface area contributed by atoms with Gasteiger partial charge >= 0.3 is 0 Å². The topological polar surface area (TPSA) is 29.5 Å². The Kier molecular flexibility index (Phi) is 5.90. The van der Waals surface area contributed by atoms with Crippen molar-refractivity contribution in [2.45, 2.75) is 11.8 Å². The average Bonchev–Trinajstić information content (AvgIpc) is 2.56. The number of rotatable bonds is 6. The van der Waals surface area contributed by atoms with Crippen LogP contribution in [0.5, 0.6) is 5.75 Å². The second-order valence-corrected chi connectivity index (χ2v) is 6.00. The molecule has 2 rings (SSSR count). The SMILES string of the molecule is CSc1ccc(C(=O)N(C)CCOc2ccc(C)cc2)cc1. The molecule has 116 valence electrons. The number of likely N-dealkylation sites (N-methyl/N-ethyl adjacent to an activating group) is 1. The van der Waals surface area contributed by atoms with Gasteiger partial charge in [-0.1, -0.05) is 17.7 Å². The Morgan fingerprint density at radius 2 is 1.73 bits per heavy atom. The molecule has 0 saturated heterocycles. The van der Waals surface area contributed by atoms with Crippen molar-refractivity contribution in [2.75, 3.05) is 26.5 Å². The van der Waals surface area contributed by atoms with E-state index in [1.165, 1.54) is 5.56 Å². The van der Waals surface area contributed by atoms with Gasteiger partial charge in [0.05, 0.1) is 6.54 Å². The molecule has 0 aromatic heterocycles. The second kappa shape index (κ2) is 7.90. The summed E-state index contributed by atoms with van der Waals surface area (Å²) in [6.45, 7) is 3.07. The van der Waals surface area contributed by atoms with Gasteiger partial charge in [0, 0.05) is 17.5 Å². The molecule has 0 radical (unpaired) electrons. The van der Waals surface area contributed by atoms with Crippen LogP contribution in [-0.2, 0) is 0 Å². The van der Waals surface area contributed by atoms with E-state index in [0.717, 1.165) is 10.6 Å². The Morgan fingerprint density at radius 1 is 1.09 bits per heavy atom. The molecule has 0 heterocycles. The van der Waals surface area contributed by atoms with E-state index < -0.39 is 0 Å². The highest BCUT2D eigenvalue weighted by atomic mass is 32.2. The number of carbonyl (C=O) groups excluding carboxylic acids is 1. The number of aryl methyl sites for hydroxylation is 1. The molecule has 0 saturated carbocycles. The molecule has 0 spiro atoms. The van der Waals surface area contributed by atoms with Crippen molar-refractivity contribution in [3.63, 3.8) is 0 Å². The van der Waals surface area contributed by atoms with Crippen LogP contribution in [-0.4, -0.2) is 37.3 Å². The minimum atomic E-state index is 0.0140. The number of benzene rings is 2. The number of ether oxygens (including phenoxy) is 1. The fourth-order valence-electron chi connectivity index (χ4n) is 1.99. The molecule has 3 nitrogen and oxygen atoms in total. The van der Waals surface area contributed by atoms with Crippen molar-refractivity contribution in [1.82, 2.24) is 4.90 Å². The molecule has 4 heteroatoms. The predicted octanol–water partition coefficient (Wildman–Crippen LogP) is 3.87. The first kappa shape index (κ1) is 16.4. The molecule has 0 aliphatic carbocycles. The number of hydrogen-bond donors (Lipinski definition) is 0. The maximum Gasteiger partial charge on any atom is 0.253 e. The first-order chi connectivity index (χ1) is 10.6. The van der Waals surface area contributed by atoms with Crippen LogP contribution >= 0.6 is 11.8 Å². The zero-order chi connectivity index (χ0) is 15.9. The molecule has 0 bridgehead atoms. The van der Waals surface area contributed by atoms with Gasteiger partial charge in [-0.3, -0.25) is 4.79 Å². The summed E-state index contributed by atoms with van der Waals surface area (Å²) in [5.41, 5.74) is 1.91. The number of nitrogens with zero attached hydrogens (tertiary/aromatic N) is 1. The van der Waals surface area contributed by atoms with Crippen molar-refractivity contribution in [1.29, 1.82) is 0 Å². The van der Waals surface area contributed by atoms with E-state index in [1.807, 2.05) is 61.7 Å². The lowest BCUT2D eigenvalue weighted by Gasteiger charge is -2.17. The Bertz CT molecular complexity index is 608. The zero-order valence-electron chi connectivity index (χ0n) is 13.2. The summed E-state index contributed by atoms with van der Waals surface area (Å²) in [6.07, 6.45) is 2.02. The van der Waals surface area contributed by atoms with Gasteiger partial charge in [0.2, 0.25) is 0 Å². The number of carbonyl (C=O) groups is 1. The van der Waals surface area contributed by atoms with Crippen LogP contribution in [0, 0.1) is 6.92 Å². The smallest absolute Gasteiger partial charge is 0.253 e. The van der Waals surface area contributed by atoms with E-state index in [2.05, 4.69) is 0 Å². The largest absolute Gasteiger partial charge is 0.492 e. The first-order valence-electron chi connectivity index (χ1n) is 7.19. The lowest BCUT2D eigenvalue weighted by Crippen LogP contribution is -2.30. The summed E-state index contributed by atoms with van der Waals surface area (Å²) >= 11 is 1.67. The number of hydrogen-bond acceptors (Lipinski definition) is 3. The quantitative estimate of drug-likeness (QED) is 0.758. The molecule has 1 amide bonds. The van der Waals surface area contributed by atoms with Gasteiger partial charge in [0.15, 0.2) is 0 Å². The van der Waals surface area contributed by atoms with Crippen LogP contribution in [0.4, 0.5) is 0 Å². The number of thioether (sulfide) groups is 1. The van der Waals surface area contributed by atoms with E-state index in [1.54, 1.807) is 23.7 Å². The standard InChI is InChI=1S/C18H21NO2S/c1-14-4-8-16(9-5-14)21-13-12-19(2)18(20)15-6-10-17(22-3)11-7-15/h4-11H,12-13H2,1-3H3. The molecule has 2 aromatic rings. The van der Waals surface area contributed by atoms with Crippen LogP contribution < -0.4 is 4.74 Å². The van der Waals surface area contributed by atoms with Crippen molar-refractivity contribution >= 4 is 17.7 Å². The normalized spacial score (nSPS) is 10.3. The fraction of sp³-hybridized carbons (Fsp3) is 0.278. The van der Waals surface area contributed by atoms with Crippen molar-refractivity contribution < 1.29 is 9.53 Å². The molecule has 0 N–H and O–H groups in total. The molecule has 2 aromatic carbocycles. The minimum Gasteiger partial charge on any atom is -0.492 e. The summed E-state index contributed by atoms with van der Waals surface area (Å²) in [4.78, 5) is 15.1. The Labute approximate surface area is 136 Å². The predicted molar refractivity (Wildman–Crippen MR) is 91.9 cm³/mol. The monoisotopic (exact) mass is 315 g/mol. The van der Waals surface area contributed by atoms with Crippen molar-refractivity contribution in [2.24, 2.45) is 0 Å². The highest BCUT2D eigenvalue weighted by Gasteiger charge is 2.11.